The first-order valence-corrected chi connectivity index (χ1v) is 11.3. The smallest absolute Gasteiger partial charge is 0.155 e. The number of rotatable bonds is 3. The molecule has 3 saturated carbocycles. The van der Waals surface area contributed by atoms with Crippen molar-refractivity contribution in [1.82, 2.24) is 0 Å². The van der Waals surface area contributed by atoms with Crippen LogP contribution in [0, 0.1) is 40.4 Å². The molecule has 4 rings (SSSR count). The third-order valence-electron chi connectivity index (χ3n) is 9.66. The van der Waals surface area contributed by atoms with Crippen LogP contribution in [0.25, 0.3) is 0 Å². The number of fused-ring (bicyclic) bond motifs is 5. The summed E-state index contributed by atoms with van der Waals surface area (Å²) in [5, 5.41) is 20.8. The molecule has 3 unspecified atom stereocenters. The minimum Gasteiger partial charge on any atom is -0.391 e. The second-order valence-electron chi connectivity index (χ2n) is 10.7. The van der Waals surface area contributed by atoms with Gasteiger partial charge in [-0.25, -0.2) is 0 Å². The van der Waals surface area contributed by atoms with E-state index in [9.17, 15) is 15.0 Å². The van der Waals surface area contributed by atoms with E-state index in [0.29, 0.717) is 41.3 Å². The fourth-order valence-corrected chi connectivity index (χ4v) is 8.26. The van der Waals surface area contributed by atoms with Crippen LogP contribution in [0.5, 0.6) is 0 Å². The van der Waals surface area contributed by atoms with Gasteiger partial charge in [-0.2, -0.15) is 0 Å². The molecule has 2 N–H and O–H groups in total. The maximum atomic E-state index is 12.0. The van der Waals surface area contributed by atoms with Gasteiger partial charge in [0.05, 0.1) is 12.2 Å². The van der Waals surface area contributed by atoms with Gasteiger partial charge < -0.3 is 10.2 Å². The summed E-state index contributed by atoms with van der Waals surface area (Å²) in [6.07, 6.45) is 9.41. The largest absolute Gasteiger partial charge is 0.391 e. The second kappa shape index (κ2) is 6.69. The molecule has 152 valence electrons. The Morgan fingerprint density at radius 1 is 1.15 bits per heavy atom. The second-order valence-corrected chi connectivity index (χ2v) is 10.7. The van der Waals surface area contributed by atoms with Crippen molar-refractivity contribution < 1.29 is 15.0 Å². The van der Waals surface area contributed by atoms with Crippen molar-refractivity contribution in [1.29, 1.82) is 0 Å². The molecule has 3 heteroatoms. The molecule has 0 saturated heterocycles. The van der Waals surface area contributed by atoms with Crippen LogP contribution in [-0.2, 0) is 4.79 Å². The van der Waals surface area contributed by atoms with Gasteiger partial charge in [0.15, 0.2) is 5.78 Å². The standard InChI is InChI=1S/C24H38O3/c1-5-19-18(22(27)14(2)25)13-21-17-7-6-15-12-16(26)8-10-23(15,3)20(17)9-11-24(19,21)4/h12,14,17-22,25,27H,5-11,13H2,1-4H3/t14?,17-,18?,19+,20+,21+,22?,23+,24-/m1/s1. The highest BCUT2D eigenvalue weighted by Gasteiger charge is 2.61. The number of hydrogen-bond donors (Lipinski definition) is 2. The van der Waals surface area contributed by atoms with Gasteiger partial charge in [0.1, 0.15) is 0 Å². The molecule has 0 bridgehead atoms. The Hall–Kier alpha value is -0.670. The number of ketones is 1. The molecule has 3 nitrogen and oxygen atoms in total. The number of allylic oxidation sites excluding steroid dienone is 1. The van der Waals surface area contributed by atoms with E-state index in [0.717, 1.165) is 25.7 Å². The van der Waals surface area contributed by atoms with E-state index in [1.165, 1.54) is 24.8 Å². The average molecular weight is 375 g/mol. The monoisotopic (exact) mass is 374 g/mol. The van der Waals surface area contributed by atoms with E-state index in [1.807, 2.05) is 6.08 Å². The molecule has 0 heterocycles. The highest BCUT2D eigenvalue weighted by Crippen LogP contribution is 2.68. The molecule has 4 aliphatic rings. The quantitative estimate of drug-likeness (QED) is 0.764. The van der Waals surface area contributed by atoms with Gasteiger partial charge in [-0.3, -0.25) is 4.79 Å². The summed E-state index contributed by atoms with van der Waals surface area (Å²) in [7, 11) is 0. The van der Waals surface area contributed by atoms with E-state index in [2.05, 4.69) is 20.8 Å². The van der Waals surface area contributed by atoms with Gasteiger partial charge in [0.25, 0.3) is 0 Å². The van der Waals surface area contributed by atoms with Crippen molar-refractivity contribution in [2.45, 2.75) is 91.3 Å². The van der Waals surface area contributed by atoms with Crippen LogP contribution in [0.4, 0.5) is 0 Å². The SMILES string of the molecule is CC[C@H]1C(C(O)C(C)O)C[C@H]2[C@@H]3CCC4=CC(=O)CC[C@]4(C)[C@H]3CC[C@]12C. The molecule has 0 amide bonds. The van der Waals surface area contributed by atoms with Gasteiger partial charge in [0.2, 0.25) is 0 Å². The van der Waals surface area contributed by atoms with Gasteiger partial charge in [-0.15, -0.1) is 0 Å². The number of carbonyl (C=O) groups excluding carboxylic acids is 1. The highest BCUT2D eigenvalue weighted by molar-refractivity contribution is 5.91. The lowest BCUT2D eigenvalue weighted by atomic mass is 9.47. The Kier molecular flexibility index (Phi) is 4.87. The van der Waals surface area contributed by atoms with Crippen molar-refractivity contribution in [3.8, 4) is 0 Å². The molecule has 0 radical (unpaired) electrons. The summed E-state index contributed by atoms with van der Waals surface area (Å²) < 4.78 is 0. The lowest BCUT2D eigenvalue weighted by Gasteiger charge is -2.58. The Morgan fingerprint density at radius 2 is 1.89 bits per heavy atom. The van der Waals surface area contributed by atoms with Gasteiger partial charge in [-0.1, -0.05) is 32.8 Å². The van der Waals surface area contributed by atoms with Crippen LogP contribution >= 0.6 is 0 Å². The number of carbonyl (C=O) groups is 1. The summed E-state index contributed by atoms with van der Waals surface area (Å²) in [5.74, 6) is 3.10. The van der Waals surface area contributed by atoms with Crippen LogP contribution in [0.15, 0.2) is 11.6 Å². The molecule has 0 spiro atoms. The van der Waals surface area contributed by atoms with Gasteiger partial charge in [-0.05, 0) is 91.9 Å². The lowest BCUT2D eigenvalue weighted by molar-refractivity contribution is -0.117. The summed E-state index contributed by atoms with van der Waals surface area (Å²) in [6.45, 7) is 8.91. The van der Waals surface area contributed by atoms with Crippen LogP contribution in [0.2, 0.25) is 0 Å². The van der Waals surface area contributed by atoms with Gasteiger partial charge in [0, 0.05) is 6.42 Å². The first kappa shape index (κ1) is 19.6. The predicted octanol–water partition coefficient (Wildman–Crippen LogP) is 4.51. The first-order chi connectivity index (χ1) is 12.7. The van der Waals surface area contributed by atoms with E-state index >= 15 is 0 Å². The van der Waals surface area contributed by atoms with E-state index in [4.69, 9.17) is 0 Å². The molecule has 0 aromatic rings. The van der Waals surface area contributed by atoms with Crippen LogP contribution in [0.1, 0.15) is 79.1 Å². The van der Waals surface area contributed by atoms with Crippen LogP contribution in [-0.4, -0.2) is 28.2 Å². The molecule has 4 aliphatic carbocycles. The zero-order valence-electron chi connectivity index (χ0n) is 17.6. The van der Waals surface area contributed by atoms with Gasteiger partial charge >= 0.3 is 0 Å². The van der Waals surface area contributed by atoms with Crippen LogP contribution in [0.3, 0.4) is 0 Å². The highest BCUT2D eigenvalue weighted by atomic mass is 16.3. The predicted molar refractivity (Wildman–Crippen MR) is 107 cm³/mol. The number of hydrogen-bond acceptors (Lipinski definition) is 3. The summed E-state index contributed by atoms with van der Waals surface area (Å²) >= 11 is 0. The minimum atomic E-state index is -0.647. The topological polar surface area (TPSA) is 57.5 Å². The first-order valence-electron chi connectivity index (χ1n) is 11.3. The van der Waals surface area contributed by atoms with E-state index in [-0.39, 0.29) is 11.3 Å². The molecule has 0 aromatic carbocycles. The molecular weight excluding hydrogens is 336 g/mol. The third kappa shape index (κ3) is 2.79. The third-order valence-corrected chi connectivity index (χ3v) is 9.66. The van der Waals surface area contributed by atoms with Crippen LogP contribution < -0.4 is 0 Å². The Morgan fingerprint density at radius 3 is 2.56 bits per heavy atom. The maximum absolute atomic E-state index is 12.0. The summed E-state index contributed by atoms with van der Waals surface area (Å²) in [5.41, 5.74) is 1.92. The fraction of sp³-hybridized carbons (Fsp3) is 0.875. The fourth-order valence-electron chi connectivity index (χ4n) is 8.26. The summed E-state index contributed by atoms with van der Waals surface area (Å²) in [6, 6.07) is 0. The van der Waals surface area contributed by atoms with Crippen molar-refractivity contribution >= 4 is 5.78 Å². The molecule has 0 aliphatic heterocycles. The molecule has 27 heavy (non-hydrogen) atoms. The average Bonchev–Trinajstić information content (AvgIpc) is 2.93. The van der Waals surface area contributed by atoms with Crippen molar-refractivity contribution in [2.24, 2.45) is 40.4 Å². The zero-order chi connectivity index (χ0) is 19.6. The summed E-state index contributed by atoms with van der Waals surface area (Å²) in [4.78, 5) is 12.0. The zero-order valence-corrected chi connectivity index (χ0v) is 17.6. The van der Waals surface area contributed by atoms with E-state index in [1.54, 1.807) is 6.92 Å². The van der Waals surface area contributed by atoms with Crippen molar-refractivity contribution in [3.05, 3.63) is 11.6 Å². The van der Waals surface area contributed by atoms with Crippen molar-refractivity contribution in [2.75, 3.05) is 0 Å². The Bertz CT molecular complexity index is 638. The molecule has 0 aromatic heterocycles. The van der Waals surface area contributed by atoms with Crippen molar-refractivity contribution in [3.63, 3.8) is 0 Å². The molecule has 9 atom stereocenters. The number of aliphatic hydroxyl groups is 2. The minimum absolute atomic E-state index is 0.209. The molecule has 3 fully saturated rings. The van der Waals surface area contributed by atoms with E-state index < -0.39 is 12.2 Å². The molecular formula is C24H38O3. The maximum Gasteiger partial charge on any atom is 0.155 e. The lowest BCUT2D eigenvalue weighted by Crippen LogP contribution is -2.50. The normalized spacial score (nSPS) is 48.9. The number of aliphatic hydroxyl groups excluding tert-OH is 2. The Labute approximate surface area is 164 Å². The Balaban J connectivity index is 1.66.